The van der Waals surface area contributed by atoms with Gasteiger partial charge in [0.25, 0.3) is 10.1 Å². The van der Waals surface area contributed by atoms with Crippen LogP contribution in [0.3, 0.4) is 0 Å². The quantitative estimate of drug-likeness (QED) is 0.483. The molecule has 0 bridgehead atoms. The van der Waals surface area contributed by atoms with E-state index in [0.29, 0.717) is 5.56 Å². The van der Waals surface area contributed by atoms with Gasteiger partial charge in [0, 0.05) is 24.8 Å². The predicted molar refractivity (Wildman–Crippen MR) is 105 cm³/mol. The zero-order chi connectivity index (χ0) is 20.9. The molecule has 2 heterocycles. The van der Waals surface area contributed by atoms with E-state index < -0.39 is 24.1 Å². The van der Waals surface area contributed by atoms with Gasteiger partial charge in [-0.25, -0.2) is 0 Å². The van der Waals surface area contributed by atoms with Crippen molar-refractivity contribution in [3.05, 3.63) is 91.0 Å². The van der Waals surface area contributed by atoms with E-state index in [2.05, 4.69) is 14.2 Å². The topological polar surface area (TPSA) is 127 Å². The Balaban J connectivity index is 0.000000263. The van der Waals surface area contributed by atoms with Crippen LogP contribution in [0.1, 0.15) is 5.56 Å². The summed E-state index contributed by atoms with van der Waals surface area (Å²) in [5.41, 5.74) is 0.452. The van der Waals surface area contributed by atoms with Gasteiger partial charge in [-0.2, -0.15) is 8.42 Å². The van der Waals surface area contributed by atoms with Crippen molar-refractivity contribution >= 4 is 17.7 Å². The van der Waals surface area contributed by atoms with Crippen molar-refractivity contribution in [3.8, 4) is 0 Å². The molecule has 0 radical (unpaired) electrons. The van der Waals surface area contributed by atoms with Gasteiger partial charge in [-0.3, -0.25) is 18.7 Å². The molecule has 0 saturated heterocycles. The van der Waals surface area contributed by atoms with Crippen molar-refractivity contribution in [1.82, 2.24) is 9.97 Å². The van der Waals surface area contributed by atoms with Gasteiger partial charge in [0.2, 0.25) is 0 Å². The van der Waals surface area contributed by atoms with E-state index in [1.807, 2.05) is 36.4 Å². The molecule has 0 fully saturated rings. The van der Waals surface area contributed by atoms with Crippen molar-refractivity contribution in [2.75, 3.05) is 6.35 Å². The van der Waals surface area contributed by atoms with E-state index in [0.717, 1.165) is 0 Å². The third kappa shape index (κ3) is 10.7. The first kappa shape index (κ1) is 23.6. The molecule has 150 valence electrons. The zero-order valence-corrected chi connectivity index (χ0v) is 16.8. The minimum Gasteiger partial charge on any atom is -0.323 e. The second-order valence-corrected chi connectivity index (χ2v) is 8.35. The normalized spacial score (nSPS) is 10.7. The molecular formula is C18H21N2O6PS. The van der Waals surface area contributed by atoms with E-state index in [-0.39, 0.29) is 4.90 Å². The summed E-state index contributed by atoms with van der Waals surface area (Å²) >= 11 is 0. The maximum absolute atomic E-state index is 11.5. The Morgan fingerprint density at radius 2 is 1.32 bits per heavy atom. The number of hydrogen-bond acceptors (Lipinski definition) is 6. The van der Waals surface area contributed by atoms with Gasteiger partial charge in [-0.05, 0) is 42.8 Å². The molecule has 3 rings (SSSR count). The second kappa shape index (κ2) is 12.1. The van der Waals surface area contributed by atoms with Crippen molar-refractivity contribution in [1.29, 1.82) is 0 Å². The summed E-state index contributed by atoms with van der Waals surface area (Å²) in [7, 11) is -8.62. The molecular weight excluding hydrogens is 403 g/mol. The van der Waals surface area contributed by atoms with Crippen molar-refractivity contribution < 1.29 is 27.0 Å². The average molecular weight is 424 g/mol. The monoisotopic (exact) mass is 424 g/mol. The Morgan fingerprint density at radius 1 is 0.857 bits per heavy atom. The van der Waals surface area contributed by atoms with E-state index in [1.54, 1.807) is 43.8 Å². The molecule has 3 aromatic rings. The lowest BCUT2D eigenvalue weighted by molar-refractivity contribution is 0.301. The fourth-order valence-electron chi connectivity index (χ4n) is 1.66. The molecule has 2 aromatic heterocycles. The van der Waals surface area contributed by atoms with Crippen LogP contribution in [-0.2, 0) is 18.9 Å². The minimum absolute atomic E-state index is 0.0940. The van der Waals surface area contributed by atoms with Crippen LogP contribution in [0.15, 0.2) is 90.3 Å². The number of nitrogens with zero attached hydrogens (tertiary/aromatic N) is 2. The summed E-state index contributed by atoms with van der Waals surface area (Å²) in [5, 5.41) is 0. The van der Waals surface area contributed by atoms with Gasteiger partial charge < -0.3 is 9.79 Å². The molecule has 1 aromatic carbocycles. The fraction of sp³-hybridized carbons (Fsp3) is 0.111. The van der Waals surface area contributed by atoms with Gasteiger partial charge in [0.05, 0.1) is 4.90 Å². The molecule has 0 amide bonds. The fourth-order valence-corrected chi connectivity index (χ4v) is 3.60. The van der Waals surface area contributed by atoms with Crippen LogP contribution in [0.5, 0.6) is 0 Å². The van der Waals surface area contributed by atoms with E-state index in [4.69, 9.17) is 9.79 Å². The number of aromatic nitrogens is 2. The molecule has 0 aliphatic carbocycles. The number of aryl methyl sites for hydroxylation is 1. The highest BCUT2D eigenvalue weighted by molar-refractivity contribution is 7.87. The first-order valence-corrected chi connectivity index (χ1v) is 11.1. The molecule has 2 N–H and O–H groups in total. The summed E-state index contributed by atoms with van der Waals surface area (Å²) in [6, 6.07) is 17.5. The minimum atomic E-state index is -4.50. The Bertz CT molecular complexity index is 865. The number of benzene rings is 1. The lowest BCUT2D eigenvalue weighted by atomic mass is 10.2. The Morgan fingerprint density at radius 3 is 1.64 bits per heavy atom. The molecule has 0 unspecified atom stereocenters. The van der Waals surface area contributed by atoms with Gasteiger partial charge in [-0.15, -0.1) is 0 Å². The Kier molecular flexibility index (Phi) is 10.2. The average Bonchev–Trinajstić information content (AvgIpc) is 2.70. The maximum Gasteiger partial charge on any atom is 0.352 e. The lowest BCUT2D eigenvalue weighted by Gasteiger charge is -2.08. The highest BCUT2D eigenvalue weighted by atomic mass is 32.2. The predicted octanol–water partition coefficient (Wildman–Crippen LogP) is 3.00. The molecule has 8 nitrogen and oxygen atoms in total. The van der Waals surface area contributed by atoms with Gasteiger partial charge in [0.1, 0.15) is 0 Å². The van der Waals surface area contributed by atoms with Crippen molar-refractivity contribution in [2.45, 2.75) is 11.8 Å². The largest absolute Gasteiger partial charge is 0.352 e. The Labute approximate surface area is 164 Å². The van der Waals surface area contributed by atoms with Crippen LogP contribution in [0.4, 0.5) is 0 Å². The highest BCUT2D eigenvalue weighted by Gasteiger charge is 2.23. The van der Waals surface area contributed by atoms with Crippen LogP contribution in [0.2, 0.25) is 0 Å². The maximum atomic E-state index is 11.5. The highest BCUT2D eigenvalue weighted by Crippen LogP contribution is 2.35. The van der Waals surface area contributed by atoms with Crippen LogP contribution in [0, 0.1) is 6.92 Å². The second-order valence-electron chi connectivity index (χ2n) is 5.18. The van der Waals surface area contributed by atoms with Gasteiger partial charge in [-0.1, -0.05) is 30.3 Å². The first-order chi connectivity index (χ1) is 13.2. The molecule has 0 atom stereocenters. The molecule has 28 heavy (non-hydrogen) atoms. The van der Waals surface area contributed by atoms with Crippen LogP contribution in [-0.4, -0.2) is 34.5 Å². The van der Waals surface area contributed by atoms with E-state index >= 15 is 0 Å². The lowest BCUT2D eigenvalue weighted by Crippen LogP contribution is -2.09. The Hall–Kier alpha value is -2.42. The van der Waals surface area contributed by atoms with E-state index in [9.17, 15) is 13.0 Å². The first-order valence-electron chi connectivity index (χ1n) is 7.92. The van der Waals surface area contributed by atoms with Crippen LogP contribution >= 0.6 is 7.60 Å². The third-order valence-electron chi connectivity index (χ3n) is 2.87. The smallest absolute Gasteiger partial charge is 0.323 e. The standard InChI is InChI=1S/C8H11O6PS.2C5H5N/c1-7-4-2-3-5-8(7)16(12,13)14-6-15(9,10)11;2*1-2-4-6-5-3-1/h2-5H,6H2,1H3,(H2,9,10,11);2*1-5H. The van der Waals surface area contributed by atoms with Crippen LogP contribution < -0.4 is 0 Å². The summed E-state index contributed by atoms with van der Waals surface area (Å²) in [5.74, 6) is 0. The molecule has 0 spiro atoms. The van der Waals surface area contributed by atoms with E-state index in [1.165, 1.54) is 12.1 Å². The van der Waals surface area contributed by atoms with Gasteiger partial charge >= 0.3 is 7.60 Å². The summed E-state index contributed by atoms with van der Waals surface area (Å²) in [6.07, 6.45) is 5.85. The number of pyridine rings is 2. The van der Waals surface area contributed by atoms with Crippen LogP contribution in [0.25, 0.3) is 0 Å². The number of hydrogen-bond donors (Lipinski definition) is 2. The zero-order valence-electron chi connectivity index (χ0n) is 15.1. The van der Waals surface area contributed by atoms with Gasteiger partial charge in [0.15, 0.2) is 6.35 Å². The summed E-state index contributed by atoms with van der Waals surface area (Å²) in [4.78, 5) is 24.5. The molecule has 0 aliphatic rings. The summed E-state index contributed by atoms with van der Waals surface area (Å²) in [6.45, 7) is 1.56. The summed E-state index contributed by atoms with van der Waals surface area (Å²) < 4.78 is 37.8. The molecule has 10 heteroatoms. The number of rotatable bonds is 4. The SMILES string of the molecule is Cc1ccccc1S(=O)(=O)OCP(=O)(O)O.c1ccncc1.c1ccncc1. The molecule has 0 aliphatic heterocycles. The molecule has 0 saturated carbocycles. The van der Waals surface area contributed by atoms with Crippen molar-refractivity contribution in [3.63, 3.8) is 0 Å². The van der Waals surface area contributed by atoms with Crippen molar-refractivity contribution in [2.24, 2.45) is 0 Å². The third-order valence-corrected chi connectivity index (χ3v) is 4.94.